The van der Waals surface area contributed by atoms with E-state index in [1.165, 1.54) is 12.8 Å². The lowest BCUT2D eigenvalue weighted by atomic mass is 9.96. The van der Waals surface area contributed by atoms with Crippen LogP contribution in [-0.2, 0) is 11.2 Å². The standard InChI is InChI=1S/C16H24N2O2.ClH/c1-20-15-7-3-2-6-14(15)11-16(19)18-10-8-13-5-4-9-17-12-13;/h2-3,6-7,13,17H,4-5,8-12H2,1H3,(H,18,19);1H. The van der Waals surface area contributed by atoms with Crippen molar-refractivity contribution in [2.75, 3.05) is 26.7 Å². The first-order valence-electron chi connectivity index (χ1n) is 7.39. The van der Waals surface area contributed by atoms with E-state index in [9.17, 15) is 4.79 Å². The average Bonchev–Trinajstić information content (AvgIpc) is 2.49. The molecule has 2 N–H and O–H groups in total. The van der Waals surface area contributed by atoms with Crippen molar-refractivity contribution >= 4 is 18.3 Å². The maximum Gasteiger partial charge on any atom is 0.224 e. The third-order valence-electron chi connectivity index (χ3n) is 3.82. The number of nitrogens with one attached hydrogen (secondary N) is 2. The second-order valence-corrected chi connectivity index (χ2v) is 5.34. The zero-order valence-corrected chi connectivity index (χ0v) is 13.4. The van der Waals surface area contributed by atoms with Gasteiger partial charge in [-0.1, -0.05) is 18.2 Å². The van der Waals surface area contributed by atoms with E-state index in [0.717, 1.165) is 37.4 Å². The van der Waals surface area contributed by atoms with Crippen LogP contribution in [0.15, 0.2) is 24.3 Å². The van der Waals surface area contributed by atoms with E-state index in [4.69, 9.17) is 4.74 Å². The lowest BCUT2D eigenvalue weighted by Gasteiger charge is -2.22. The molecule has 1 unspecified atom stereocenters. The van der Waals surface area contributed by atoms with E-state index < -0.39 is 0 Å². The Hall–Kier alpha value is -1.26. The quantitative estimate of drug-likeness (QED) is 0.846. The van der Waals surface area contributed by atoms with Gasteiger partial charge in [-0.25, -0.2) is 0 Å². The Labute approximate surface area is 133 Å². The van der Waals surface area contributed by atoms with Crippen LogP contribution in [0, 0.1) is 5.92 Å². The molecule has 21 heavy (non-hydrogen) atoms. The summed E-state index contributed by atoms with van der Waals surface area (Å²) in [5.41, 5.74) is 0.937. The topological polar surface area (TPSA) is 50.4 Å². The molecule has 4 nitrogen and oxygen atoms in total. The zero-order valence-electron chi connectivity index (χ0n) is 12.6. The molecule has 1 fully saturated rings. The first kappa shape index (κ1) is 17.8. The molecule has 1 heterocycles. The minimum atomic E-state index is 0. The van der Waals surface area contributed by atoms with E-state index in [1.54, 1.807) is 7.11 Å². The van der Waals surface area contributed by atoms with Gasteiger partial charge in [0.25, 0.3) is 0 Å². The minimum absolute atomic E-state index is 0. The summed E-state index contributed by atoms with van der Waals surface area (Å²) in [6.45, 7) is 2.99. The minimum Gasteiger partial charge on any atom is -0.496 e. The van der Waals surface area contributed by atoms with Gasteiger partial charge in [0.15, 0.2) is 0 Å². The summed E-state index contributed by atoms with van der Waals surface area (Å²) in [6, 6.07) is 7.66. The summed E-state index contributed by atoms with van der Waals surface area (Å²) < 4.78 is 5.26. The highest BCUT2D eigenvalue weighted by atomic mass is 35.5. The first-order chi connectivity index (χ1) is 9.79. The molecule has 1 aromatic rings. The van der Waals surface area contributed by atoms with Crippen molar-refractivity contribution in [3.63, 3.8) is 0 Å². The van der Waals surface area contributed by atoms with E-state index in [2.05, 4.69) is 10.6 Å². The molecule has 0 spiro atoms. The lowest BCUT2D eigenvalue weighted by molar-refractivity contribution is -0.120. The second-order valence-electron chi connectivity index (χ2n) is 5.34. The fraction of sp³-hybridized carbons (Fsp3) is 0.562. The molecular weight excluding hydrogens is 288 g/mol. The van der Waals surface area contributed by atoms with Gasteiger partial charge in [0.2, 0.25) is 5.91 Å². The van der Waals surface area contributed by atoms with Crippen molar-refractivity contribution in [1.29, 1.82) is 0 Å². The van der Waals surface area contributed by atoms with E-state index in [1.807, 2.05) is 24.3 Å². The van der Waals surface area contributed by atoms with E-state index in [0.29, 0.717) is 12.3 Å². The normalized spacial score (nSPS) is 17.7. The fourth-order valence-corrected chi connectivity index (χ4v) is 2.67. The zero-order chi connectivity index (χ0) is 14.2. The summed E-state index contributed by atoms with van der Waals surface area (Å²) >= 11 is 0. The predicted octanol–water partition coefficient (Wildman–Crippen LogP) is 2.17. The number of halogens is 1. The molecule has 5 heteroatoms. The molecule has 0 aliphatic carbocycles. The van der Waals surface area contributed by atoms with Crippen LogP contribution in [0.4, 0.5) is 0 Å². The van der Waals surface area contributed by atoms with Gasteiger partial charge in [0.05, 0.1) is 13.5 Å². The lowest BCUT2D eigenvalue weighted by Crippen LogP contribution is -2.33. The highest BCUT2D eigenvalue weighted by Gasteiger charge is 2.13. The van der Waals surface area contributed by atoms with Crippen LogP contribution in [0.1, 0.15) is 24.8 Å². The average molecular weight is 313 g/mol. The molecule has 118 valence electrons. The van der Waals surface area contributed by atoms with Crippen LogP contribution in [0.5, 0.6) is 5.75 Å². The van der Waals surface area contributed by atoms with E-state index in [-0.39, 0.29) is 18.3 Å². The molecule has 0 saturated carbocycles. The van der Waals surface area contributed by atoms with Crippen LogP contribution in [0.3, 0.4) is 0 Å². The van der Waals surface area contributed by atoms with Crippen LogP contribution in [0.25, 0.3) is 0 Å². The molecule has 0 bridgehead atoms. The van der Waals surface area contributed by atoms with Gasteiger partial charge in [-0.3, -0.25) is 4.79 Å². The second kappa shape index (κ2) is 9.64. The Morgan fingerprint density at radius 1 is 1.43 bits per heavy atom. The van der Waals surface area contributed by atoms with Crippen LogP contribution in [0.2, 0.25) is 0 Å². The fourth-order valence-electron chi connectivity index (χ4n) is 2.67. The maximum atomic E-state index is 11.9. The van der Waals surface area contributed by atoms with Crippen molar-refractivity contribution in [3.05, 3.63) is 29.8 Å². The first-order valence-corrected chi connectivity index (χ1v) is 7.39. The van der Waals surface area contributed by atoms with Gasteiger partial charge in [-0.05, 0) is 44.3 Å². The van der Waals surface area contributed by atoms with Crippen molar-refractivity contribution < 1.29 is 9.53 Å². The van der Waals surface area contributed by atoms with Gasteiger partial charge < -0.3 is 15.4 Å². The number of methoxy groups -OCH3 is 1. The van der Waals surface area contributed by atoms with Crippen molar-refractivity contribution in [2.45, 2.75) is 25.7 Å². The number of para-hydroxylation sites is 1. The molecule has 2 rings (SSSR count). The Morgan fingerprint density at radius 2 is 2.24 bits per heavy atom. The van der Waals surface area contributed by atoms with Gasteiger partial charge in [-0.15, -0.1) is 12.4 Å². The Balaban J connectivity index is 0.00000220. The highest BCUT2D eigenvalue weighted by molar-refractivity contribution is 5.85. The van der Waals surface area contributed by atoms with Gasteiger partial charge in [-0.2, -0.15) is 0 Å². The number of ether oxygens (including phenoxy) is 1. The molecule has 0 aromatic heterocycles. The van der Waals surface area contributed by atoms with Crippen molar-refractivity contribution in [3.8, 4) is 5.75 Å². The van der Waals surface area contributed by atoms with Gasteiger partial charge in [0.1, 0.15) is 5.75 Å². The number of carbonyl (C=O) groups is 1. The van der Waals surface area contributed by atoms with Crippen LogP contribution in [-0.4, -0.2) is 32.7 Å². The van der Waals surface area contributed by atoms with Crippen LogP contribution >= 0.6 is 12.4 Å². The molecule has 1 amide bonds. The third kappa shape index (κ3) is 5.94. The molecule has 1 aliphatic rings. The number of rotatable bonds is 6. The number of hydrogen-bond acceptors (Lipinski definition) is 3. The van der Waals surface area contributed by atoms with E-state index >= 15 is 0 Å². The summed E-state index contributed by atoms with van der Waals surface area (Å²) in [5, 5.41) is 6.41. The Kier molecular flexibility index (Phi) is 8.16. The number of carbonyl (C=O) groups excluding carboxylic acids is 1. The monoisotopic (exact) mass is 312 g/mol. The maximum absolute atomic E-state index is 11.9. The molecule has 1 atom stereocenters. The Bertz CT molecular complexity index is 434. The number of piperidine rings is 1. The summed E-state index contributed by atoms with van der Waals surface area (Å²) in [4.78, 5) is 11.9. The predicted molar refractivity (Wildman–Crippen MR) is 87.2 cm³/mol. The Morgan fingerprint density at radius 3 is 2.95 bits per heavy atom. The van der Waals surface area contributed by atoms with Gasteiger partial charge >= 0.3 is 0 Å². The summed E-state index contributed by atoms with van der Waals surface area (Å²) in [5.74, 6) is 1.55. The molecular formula is C16H25ClN2O2. The highest BCUT2D eigenvalue weighted by Crippen LogP contribution is 2.17. The smallest absolute Gasteiger partial charge is 0.224 e. The molecule has 0 radical (unpaired) electrons. The van der Waals surface area contributed by atoms with Crippen LogP contribution < -0.4 is 15.4 Å². The molecule has 1 saturated heterocycles. The number of amides is 1. The van der Waals surface area contributed by atoms with Crippen molar-refractivity contribution in [2.24, 2.45) is 5.92 Å². The largest absolute Gasteiger partial charge is 0.496 e. The molecule has 1 aromatic carbocycles. The third-order valence-corrected chi connectivity index (χ3v) is 3.82. The SMILES string of the molecule is COc1ccccc1CC(=O)NCCC1CCCNC1.Cl. The van der Waals surface area contributed by atoms with Gasteiger partial charge in [0, 0.05) is 12.1 Å². The number of benzene rings is 1. The molecule has 1 aliphatic heterocycles. The summed E-state index contributed by atoms with van der Waals surface area (Å²) in [7, 11) is 1.63. The van der Waals surface area contributed by atoms with Crippen molar-refractivity contribution in [1.82, 2.24) is 10.6 Å². The number of hydrogen-bond donors (Lipinski definition) is 2. The summed E-state index contributed by atoms with van der Waals surface area (Å²) in [6.07, 6.45) is 3.97.